The summed E-state index contributed by atoms with van der Waals surface area (Å²) in [5.41, 5.74) is 2.45. The number of benzene rings is 1. The minimum Gasteiger partial charge on any atom is -0.348 e. The van der Waals surface area contributed by atoms with Gasteiger partial charge in [0, 0.05) is 13.1 Å². The van der Waals surface area contributed by atoms with Crippen molar-refractivity contribution in [3.05, 3.63) is 35.4 Å². The molecule has 1 amide bonds. The second-order valence-corrected chi connectivity index (χ2v) is 6.52. The fourth-order valence-electron chi connectivity index (χ4n) is 2.41. The van der Waals surface area contributed by atoms with Gasteiger partial charge in [0.25, 0.3) is 0 Å². The summed E-state index contributed by atoms with van der Waals surface area (Å²) in [6.45, 7) is 10.2. The molecule has 1 aromatic rings. The Morgan fingerprint density at radius 1 is 1.32 bits per heavy atom. The summed E-state index contributed by atoms with van der Waals surface area (Å²) >= 11 is 0. The van der Waals surface area contributed by atoms with Gasteiger partial charge in [-0.3, -0.25) is 4.79 Å². The molecule has 0 aliphatic carbocycles. The van der Waals surface area contributed by atoms with Crippen LogP contribution < -0.4 is 10.6 Å². The van der Waals surface area contributed by atoms with Crippen molar-refractivity contribution in [3.63, 3.8) is 0 Å². The monoisotopic (exact) mass is 260 g/mol. The topological polar surface area (TPSA) is 41.1 Å². The van der Waals surface area contributed by atoms with Crippen LogP contribution in [0.15, 0.2) is 24.3 Å². The van der Waals surface area contributed by atoms with Crippen molar-refractivity contribution in [2.45, 2.75) is 33.7 Å². The lowest BCUT2D eigenvalue weighted by Crippen LogP contribution is -2.52. The zero-order valence-corrected chi connectivity index (χ0v) is 12.3. The maximum atomic E-state index is 12.2. The van der Waals surface area contributed by atoms with Crippen LogP contribution >= 0.6 is 0 Å². The zero-order valence-electron chi connectivity index (χ0n) is 12.3. The van der Waals surface area contributed by atoms with Crippen molar-refractivity contribution in [1.82, 2.24) is 10.6 Å². The number of carbonyl (C=O) groups is 1. The number of rotatable bonds is 3. The maximum Gasteiger partial charge on any atom is 0.226 e. The Morgan fingerprint density at radius 2 is 1.95 bits per heavy atom. The summed E-state index contributed by atoms with van der Waals surface area (Å²) in [5.74, 6) is 0.302. The van der Waals surface area contributed by atoms with Crippen molar-refractivity contribution in [1.29, 1.82) is 0 Å². The average molecular weight is 260 g/mol. The van der Waals surface area contributed by atoms with E-state index in [0.29, 0.717) is 0 Å². The summed E-state index contributed by atoms with van der Waals surface area (Å²) < 4.78 is 0. The first-order valence-corrected chi connectivity index (χ1v) is 6.96. The van der Waals surface area contributed by atoms with Gasteiger partial charge < -0.3 is 10.6 Å². The second-order valence-electron chi connectivity index (χ2n) is 6.52. The predicted octanol–water partition coefficient (Wildman–Crippen LogP) is 2.42. The van der Waals surface area contributed by atoms with Crippen molar-refractivity contribution in [2.24, 2.45) is 11.3 Å². The summed E-state index contributed by atoms with van der Waals surface area (Å²) in [7, 11) is 0. The molecule has 0 saturated carbocycles. The first kappa shape index (κ1) is 14.1. The Morgan fingerprint density at radius 3 is 2.42 bits per heavy atom. The lowest BCUT2D eigenvalue weighted by Gasteiger charge is -2.35. The van der Waals surface area contributed by atoms with Gasteiger partial charge in [0.15, 0.2) is 0 Å². The lowest BCUT2D eigenvalue weighted by atomic mass is 9.80. The molecule has 1 aliphatic rings. The molecule has 3 heteroatoms. The molecule has 1 heterocycles. The number of amides is 1. The number of nitrogens with one attached hydrogen (secondary N) is 2. The minimum absolute atomic E-state index is 0.00104. The molecule has 1 saturated heterocycles. The normalized spacial score (nSPS) is 17.7. The maximum absolute atomic E-state index is 12.2. The highest BCUT2D eigenvalue weighted by molar-refractivity contribution is 5.80. The van der Waals surface area contributed by atoms with Crippen LogP contribution in [0.1, 0.15) is 37.9 Å². The van der Waals surface area contributed by atoms with Gasteiger partial charge >= 0.3 is 0 Å². The standard InChI is InChI=1S/C16H24N2O/c1-11-7-5-6-8-13(11)14(16(2,3)4)18-15(19)12-9-17-10-12/h5-8,12,14,17H,9-10H2,1-4H3,(H,18,19). The molecular formula is C16H24N2O. The van der Waals surface area contributed by atoms with Gasteiger partial charge in [0.2, 0.25) is 5.91 Å². The molecule has 1 aliphatic heterocycles. The smallest absolute Gasteiger partial charge is 0.226 e. The summed E-state index contributed by atoms with van der Waals surface area (Å²) in [5, 5.41) is 6.38. The molecule has 0 bridgehead atoms. The Kier molecular flexibility index (Phi) is 3.95. The quantitative estimate of drug-likeness (QED) is 0.876. The van der Waals surface area contributed by atoms with E-state index in [1.54, 1.807) is 0 Å². The van der Waals surface area contributed by atoms with E-state index in [1.807, 2.05) is 12.1 Å². The second kappa shape index (κ2) is 5.33. The molecule has 2 N–H and O–H groups in total. The molecule has 1 unspecified atom stereocenters. The van der Waals surface area contributed by atoms with Crippen LogP contribution in [0.3, 0.4) is 0 Å². The van der Waals surface area contributed by atoms with Gasteiger partial charge in [-0.15, -0.1) is 0 Å². The van der Waals surface area contributed by atoms with E-state index in [2.05, 4.69) is 50.5 Å². The van der Waals surface area contributed by atoms with E-state index in [1.165, 1.54) is 11.1 Å². The van der Waals surface area contributed by atoms with Crippen LogP contribution in [0.2, 0.25) is 0 Å². The largest absolute Gasteiger partial charge is 0.348 e. The molecule has 1 atom stereocenters. The van der Waals surface area contributed by atoms with E-state index in [-0.39, 0.29) is 23.3 Å². The predicted molar refractivity (Wildman–Crippen MR) is 77.9 cm³/mol. The van der Waals surface area contributed by atoms with Crippen molar-refractivity contribution < 1.29 is 4.79 Å². The number of hydrogen-bond acceptors (Lipinski definition) is 2. The van der Waals surface area contributed by atoms with E-state index < -0.39 is 0 Å². The third-order valence-corrected chi connectivity index (χ3v) is 3.80. The van der Waals surface area contributed by atoms with Crippen LogP contribution in [-0.4, -0.2) is 19.0 Å². The lowest BCUT2D eigenvalue weighted by molar-refractivity contribution is -0.128. The van der Waals surface area contributed by atoms with Gasteiger partial charge in [0.05, 0.1) is 12.0 Å². The Hall–Kier alpha value is -1.35. The first-order chi connectivity index (χ1) is 8.89. The molecule has 19 heavy (non-hydrogen) atoms. The Balaban J connectivity index is 2.21. The van der Waals surface area contributed by atoms with Gasteiger partial charge in [-0.2, -0.15) is 0 Å². The van der Waals surface area contributed by atoms with Crippen molar-refractivity contribution in [2.75, 3.05) is 13.1 Å². The Bertz CT molecular complexity index is 458. The van der Waals surface area contributed by atoms with Crippen LogP contribution in [-0.2, 0) is 4.79 Å². The highest BCUT2D eigenvalue weighted by atomic mass is 16.2. The fourth-order valence-corrected chi connectivity index (χ4v) is 2.41. The molecule has 1 fully saturated rings. The first-order valence-electron chi connectivity index (χ1n) is 6.96. The van der Waals surface area contributed by atoms with E-state index in [4.69, 9.17) is 0 Å². The van der Waals surface area contributed by atoms with Crippen molar-refractivity contribution in [3.8, 4) is 0 Å². The zero-order chi connectivity index (χ0) is 14.0. The van der Waals surface area contributed by atoms with Crippen LogP contribution in [0.25, 0.3) is 0 Å². The summed E-state index contributed by atoms with van der Waals surface area (Å²) in [4.78, 5) is 12.2. The van der Waals surface area contributed by atoms with Gasteiger partial charge in [0.1, 0.15) is 0 Å². The Labute approximate surface area is 115 Å². The van der Waals surface area contributed by atoms with E-state index in [9.17, 15) is 4.79 Å². The van der Waals surface area contributed by atoms with Gasteiger partial charge in [-0.25, -0.2) is 0 Å². The molecule has 0 radical (unpaired) electrons. The van der Waals surface area contributed by atoms with Gasteiger partial charge in [-0.05, 0) is 23.5 Å². The van der Waals surface area contributed by atoms with Crippen molar-refractivity contribution >= 4 is 5.91 Å². The SMILES string of the molecule is Cc1ccccc1C(NC(=O)C1CNC1)C(C)(C)C. The molecule has 0 spiro atoms. The number of aryl methyl sites for hydroxylation is 1. The molecule has 2 rings (SSSR count). The van der Waals surface area contributed by atoms with E-state index >= 15 is 0 Å². The molecule has 104 valence electrons. The van der Waals surface area contributed by atoms with Crippen LogP contribution in [0, 0.1) is 18.3 Å². The summed E-state index contributed by atoms with van der Waals surface area (Å²) in [6.07, 6.45) is 0. The molecule has 0 aromatic heterocycles. The third-order valence-electron chi connectivity index (χ3n) is 3.80. The van der Waals surface area contributed by atoms with Crippen LogP contribution in [0.5, 0.6) is 0 Å². The van der Waals surface area contributed by atoms with E-state index in [0.717, 1.165) is 13.1 Å². The third kappa shape index (κ3) is 3.16. The highest BCUT2D eigenvalue weighted by Gasteiger charge is 2.32. The minimum atomic E-state index is -0.00104. The molecule has 3 nitrogen and oxygen atoms in total. The number of carbonyl (C=O) groups excluding carboxylic acids is 1. The average Bonchev–Trinajstić information content (AvgIpc) is 2.23. The fraction of sp³-hybridized carbons (Fsp3) is 0.562. The van der Waals surface area contributed by atoms with Crippen LogP contribution in [0.4, 0.5) is 0 Å². The van der Waals surface area contributed by atoms with Gasteiger partial charge in [-0.1, -0.05) is 45.0 Å². The summed E-state index contributed by atoms with van der Waals surface area (Å²) in [6, 6.07) is 8.35. The number of hydrogen-bond donors (Lipinski definition) is 2. The molecule has 1 aromatic carbocycles. The molecular weight excluding hydrogens is 236 g/mol. The highest BCUT2D eigenvalue weighted by Crippen LogP contribution is 2.34.